The van der Waals surface area contributed by atoms with Crippen LogP contribution in [-0.2, 0) is 6.54 Å². The zero-order chi connectivity index (χ0) is 21.5. The van der Waals surface area contributed by atoms with Crippen LogP contribution in [0.1, 0.15) is 36.5 Å². The quantitative estimate of drug-likeness (QED) is 0.427. The second kappa shape index (κ2) is 7.58. The van der Waals surface area contributed by atoms with Gasteiger partial charge in [0.15, 0.2) is 0 Å². The summed E-state index contributed by atoms with van der Waals surface area (Å²) in [4.78, 5) is 4.64. The summed E-state index contributed by atoms with van der Waals surface area (Å²) in [6.07, 6.45) is 1.72. The van der Waals surface area contributed by atoms with Crippen molar-refractivity contribution in [3.05, 3.63) is 89.2 Å². The lowest BCUT2D eigenvalue weighted by atomic mass is 9.83. The fourth-order valence-corrected chi connectivity index (χ4v) is 4.37. The van der Waals surface area contributed by atoms with Gasteiger partial charge in [-0.2, -0.15) is 0 Å². The Balaban J connectivity index is 1.78. The second-order valence-electron chi connectivity index (χ2n) is 8.37. The van der Waals surface area contributed by atoms with Crippen molar-refractivity contribution in [2.24, 2.45) is 5.92 Å². The summed E-state index contributed by atoms with van der Waals surface area (Å²) in [6, 6.07) is 20.5. The third-order valence-corrected chi connectivity index (χ3v) is 5.81. The van der Waals surface area contributed by atoms with E-state index in [1.165, 1.54) is 0 Å². The van der Waals surface area contributed by atoms with Crippen molar-refractivity contribution < 1.29 is 9.47 Å². The first-order chi connectivity index (χ1) is 15.1. The topological polar surface area (TPSA) is 60.1 Å². The van der Waals surface area contributed by atoms with Crippen molar-refractivity contribution in [2.45, 2.75) is 26.3 Å². The van der Waals surface area contributed by atoms with Gasteiger partial charge in [0, 0.05) is 23.4 Å². The van der Waals surface area contributed by atoms with Gasteiger partial charge in [0.1, 0.15) is 23.3 Å². The molecule has 0 amide bonds. The normalized spacial score (nSPS) is 14.8. The molecule has 5 nitrogen and oxygen atoms in total. The van der Waals surface area contributed by atoms with Crippen molar-refractivity contribution in [3.8, 4) is 17.4 Å². The Labute approximate surface area is 181 Å². The number of ether oxygens (including phenoxy) is 2. The summed E-state index contributed by atoms with van der Waals surface area (Å²) in [7, 11) is 1.67. The van der Waals surface area contributed by atoms with E-state index in [4.69, 9.17) is 14.9 Å². The van der Waals surface area contributed by atoms with E-state index in [0.717, 1.165) is 45.5 Å². The Bertz CT molecular complexity index is 1320. The maximum Gasteiger partial charge on any atom is 0.228 e. The molecule has 1 atom stereocenters. The number of hydrogen-bond donors (Lipinski definition) is 1. The fourth-order valence-electron chi connectivity index (χ4n) is 4.37. The molecule has 2 heterocycles. The molecule has 5 heteroatoms. The number of methoxy groups -OCH3 is 1. The van der Waals surface area contributed by atoms with Crippen LogP contribution in [-0.4, -0.2) is 16.7 Å². The number of fused-ring (bicyclic) bond motifs is 4. The summed E-state index contributed by atoms with van der Waals surface area (Å²) < 4.78 is 13.6. The minimum atomic E-state index is -0.145. The summed E-state index contributed by atoms with van der Waals surface area (Å²) in [6.45, 7) is 5.02. The molecule has 1 N–H and O–H groups in total. The zero-order valence-electron chi connectivity index (χ0n) is 17.9. The van der Waals surface area contributed by atoms with Crippen LogP contribution in [0.5, 0.6) is 17.4 Å². The Morgan fingerprint density at radius 1 is 1.06 bits per heavy atom. The average molecular weight is 412 g/mol. The van der Waals surface area contributed by atoms with Crippen molar-refractivity contribution in [2.75, 3.05) is 7.11 Å². The Kier molecular flexibility index (Phi) is 4.74. The average Bonchev–Trinajstić information content (AvgIpc) is 2.79. The lowest BCUT2D eigenvalue weighted by molar-refractivity contribution is 0.413. The van der Waals surface area contributed by atoms with Crippen LogP contribution in [0.25, 0.3) is 10.8 Å². The van der Waals surface area contributed by atoms with Crippen LogP contribution >= 0.6 is 0 Å². The molecule has 5 rings (SSSR count). The van der Waals surface area contributed by atoms with Gasteiger partial charge in [-0.15, -0.1) is 0 Å². The van der Waals surface area contributed by atoms with E-state index < -0.39 is 0 Å². The van der Waals surface area contributed by atoms with Gasteiger partial charge < -0.3 is 14.0 Å². The van der Waals surface area contributed by atoms with Gasteiger partial charge in [-0.1, -0.05) is 62.4 Å². The van der Waals surface area contributed by atoms with Gasteiger partial charge in [-0.05, 0) is 29.0 Å². The van der Waals surface area contributed by atoms with Crippen LogP contribution in [0, 0.1) is 11.3 Å². The molecular formula is C26H25N3O2. The van der Waals surface area contributed by atoms with Crippen LogP contribution < -0.4 is 15.0 Å². The van der Waals surface area contributed by atoms with Crippen molar-refractivity contribution in [1.82, 2.24) is 9.55 Å². The van der Waals surface area contributed by atoms with E-state index >= 15 is 0 Å². The molecule has 1 unspecified atom stereocenters. The molecule has 156 valence electrons. The largest absolute Gasteiger partial charge is 0.497 e. The molecule has 0 spiro atoms. The lowest BCUT2D eigenvalue weighted by Crippen LogP contribution is -2.31. The Morgan fingerprint density at radius 3 is 2.58 bits per heavy atom. The molecule has 0 saturated heterocycles. The molecule has 1 aliphatic rings. The molecular weight excluding hydrogens is 386 g/mol. The van der Waals surface area contributed by atoms with Gasteiger partial charge in [-0.25, -0.2) is 4.98 Å². The van der Waals surface area contributed by atoms with Crippen molar-refractivity contribution in [3.63, 3.8) is 0 Å². The van der Waals surface area contributed by atoms with Gasteiger partial charge in [0.2, 0.25) is 5.88 Å². The smallest absolute Gasteiger partial charge is 0.228 e. The fraction of sp³-hybridized carbons (Fsp3) is 0.231. The number of aromatic nitrogens is 2. The predicted octanol–water partition coefficient (Wildman–Crippen LogP) is 5.47. The van der Waals surface area contributed by atoms with E-state index in [9.17, 15) is 0 Å². The van der Waals surface area contributed by atoms with Crippen LogP contribution in [0.15, 0.2) is 67.0 Å². The highest BCUT2D eigenvalue weighted by molar-refractivity contribution is 5.91. The van der Waals surface area contributed by atoms with Crippen molar-refractivity contribution >= 4 is 10.8 Å². The van der Waals surface area contributed by atoms with E-state index in [1.54, 1.807) is 13.4 Å². The highest BCUT2D eigenvalue weighted by atomic mass is 16.5. The summed E-state index contributed by atoms with van der Waals surface area (Å²) in [5.74, 6) is 2.40. The predicted molar refractivity (Wildman–Crippen MR) is 121 cm³/mol. The molecule has 0 aliphatic carbocycles. The molecule has 0 bridgehead atoms. The first-order valence-corrected chi connectivity index (χ1v) is 10.5. The minimum Gasteiger partial charge on any atom is -0.497 e. The summed E-state index contributed by atoms with van der Waals surface area (Å²) in [5.41, 5.74) is 3.38. The van der Waals surface area contributed by atoms with E-state index in [2.05, 4.69) is 55.2 Å². The second-order valence-corrected chi connectivity index (χ2v) is 8.37. The van der Waals surface area contributed by atoms with E-state index in [1.807, 2.05) is 28.8 Å². The van der Waals surface area contributed by atoms with Gasteiger partial charge in [0.25, 0.3) is 0 Å². The maximum atomic E-state index is 9.00. The molecule has 31 heavy (non-hydrogen) atoms. The minimum absolute atomic E-state index is 0.145. The highest BCUT2D eigenvalue weighted by Gasteiger charge is 2.33. The number of nitrogens with one attached hydrogen (secondary N) is 1. The SMILES string of the molecule is COc1ccc(C2c3ccc4ccccc4c3Oc3ncn(CC(C)C)c(=N)c32)cc1. The molecule has 0 saturated carbocycles. The first kappa shape index (κ1) is 19.4. The summed E-state index contributed by atoms with van der Waals surface area (Å²) >= 11 is 0. The highest BCUT2D eigenvalue weighted by Crippen LogP contribution is 2.47. The Hall–Kier alpha value is -3.60. The van der Waals surface area contributed by atoms with Crippen LogP contribution in [0.2, 0.25) is 0 Å². The van der Waals surface area contributed by atoms with E-state index in [0.29, 0.717) is 17.3 Å². The maximum absolute atomic E-state index is 9.00. The van der Waals surface area contributed by atoms with Gasteiger partial charge >= 0.3 is 0 Å². The molecule has 0 fully saturated rings. The Morgan fingerprint density at radius 2 is 1.84 bits per heavy atom. The monoisotopic (exact) mass is 411 g/mol. The zero-order valence-corrected chi connectivity index (χ0v) is 17.9. The first-order valence-electron chi connectivity index (χ1n) is 10.5. The third kappa shape index (κ3) is 3.26. The molecule has 4 aromatic rings. The molecule has 0 radical (unpaired) electrons. The van der Waals surface area contributed by atoms with E-state index in [-0.39, 0.29) is 5.92 Å². The third-order valence-electron chi connectivity index (χ3n) is 5.81. The number of benzene rings is 3. The van der Waals surface area contributed by atoms with Crippen LogP contribution in [0.4, 0.5) is 0 Å². The molecule has 1 aromatic heterocycles. The van der Waals surface area contributed by atoms with Crippen molar-refractivity contribution in [1.29, 1.82) is 5.41 Å². The lowest BCUT2D eigenvalue weighted by Gasteiger charge is -2.29. The van der Waals surface area contributed by atoms with Crippen LogP contribution in [0.3, 0.4) is 0 Å². The summed E-state index contributed by atoms with van der Waals surface area (Å²) in [5, 5.41) is 11.2. The number of nitrogens with zero attached hydrogens (tertiary/aromatic N) is 2. The van der Waals surface area contributed by atoms with Gasteiger partial charge in [-0.3, -0.25) is 5.41 Å². The molecule has 3 aromatic carbocycles. The van der Waals surface area contributed by atoms with Gasteiger partial charge in [0.05, 0.1) is 12.7 Å². The molecule has 1 aliphatic heterocycles. The standard InChI is InChI=1S/C26H25N3O2/c1-16(2)14-29-15-28-26-23(25(29)27)22(18-8-11-19(30-3)12-9-18)21-13-10-17-6-4-5-7-20(17)24(21)31-26/h4-13,15-16,22,27H,14H2,1-3H3. The number of rotatable bonds is 4. The number of hydrogen-bond acceptors (Lipinski definition) is 4.